The summed E-state index contributed by atoms with van der Waals surface area (Å²) in [6, 6.07) is 5.86. The minimum atomic E-state index is -2.66. The van der Waals surface area contributed by atoms with Gasteiger partial charge in [-0.15, -0.1) is 0 Å². The van der Waals surface area contributed by atoms with Gasteiger partial charge in [-0.25, -0.2) is 8.78 Å². The van der Waals surface area contributed by atoms with Crippen LogP contribution in [0.3, 0.4) is 0 Å². The molecule has 1 amide bonds. The zero-order valence-electron chi connectivity index (χ0n) is 14.9. The summed E-state index contributed by atoms with van der Waals surface area (Å²) in [5.41, 5.74) is 1.50. The van der Waals surface area contributed by atoms with Gasteiger partial charge in [-0.1, -0.05) is 6.07 Å². The average Bonchev–Trinajstić information content (AvgIpc) is 2.55. The lowest BCUT2D eigenvalue weighted by Crippen LogP contribution is -2.68. The molecule has 1 spiro atoms. The molecule has 2 aliphatic heterocycles. The van der Waals surface area contributed by atoms with Gasteiger partial charge in [0.25, 0.3) is 0 Å². The fourth-order valence-corrected chi connectivity index (χ4v) is 4.13. The summed E-state index contributed by atoms with van der Waals surface area (Å²) in [7, 11) is 0. The smallest absolute Gasteiger partial charge is 0.249 e. The van der Waals surface area contributed by atoms with Crippen molar-refractivity contribution in [1.82, 2.24) is 9.88 Å². The molecule has 1 atom stereocenters. The summed E-state index contributed by atoms with van der Waals surface area (Å²) in [4.78, 5) is 18.3. The molecule has 0 aromatic carbocycles. The zero-order valence-corrected chi connectivity index (χ0v) is 14.9. The Morgan fingerprint density at radius 2 is 2.12 bits per heavy atom. The third kappa shape index (κ3) is 3.60. The summed E-state index contributed by atoms with van der Waals surface area (Å²) in [6.45, 7) is 3.97. The minimum absolute atomic E-state index is 0.0661. The van der Waals surface area contributed by atoms with Crippen molar-refractivity contribution in [2.24, 2.45) is 5.92 Å². The molecule has 3 fully saturated rings. The van der Waals surface area contributed by atoms with Crippen LogP contribution in [-0.2, 0) is 20.9 Å². The van der Waals surface area contributed by atoms with E-state index in [1.54, 1.807) is 4.90 Å². The Hall–Kier alpha value is -1.60. The van der Waals surface area contributed by atoms with E-state index in [1.165, 1.54) is 0 Å². The molecule has 2 saturated heterocycles. The van der Waals surface area contributed by atoms with Gasteiger partial charge in [0.05, 0.1) is 31.5 Å². The van der Waals surface area contributed by atoms with Crippen molar-refractivity contribution in [2.75, 3.05) is 19.7 Å². The molecule has 0 N–H and O–H groups in total. The number of pyridine rings is 1. The lowest BCUT2D eigenvalue weighted by molar-refractivity contribution is -0.211. The molecular weight excluding hydrogens is 342 g/mol. The lowest BCUT2D eigenvalue weighted by Gasteiger charge is -2.54. The fraction of sp³-hybridized carbons (Fsp3) is 0.684. The van der Waals surface area contributed by atoms with Gasteiger partial charge in [-0.2, -0.15) is 0 Å². The predicted octanol–water partition coefficient (Wildman–Crippen LogP) is 2.71. The Morgan fingerprint density at radius 3 is 2.81 bits per heavy atom. The van der Waals surface area contributed by atoms with Gasteiger partial charge < -0.3 is 14.4 Å². The highest BCUT2D eigenvalue weighted by atomic mass is 19.3. The van der Waals surface area contributed by atoms with Gasteiger partial charge in [-0.05, 0) is 25.5 Å². The second-order valence-electron chi connectivity index (χ2n) is 7.88. The van der Waals surface area contributed by atoms with Gasteiger partial charge in [-0.3, -0.25) is 9.78 Å². The Bertz CT molecular complexity index is 683. The Kier molecular flexibility index (Phi) is 4.47. The molecule has 5 nitrogen and oxygen atoms in total. The third-order valence-corrected chi connectivity index (χ3v) is 5.57. The van der Waals surface area contributed by atoms with Gasteiger partial charge >= 0.3 is 0 Å². The molecule has 0 bridgehead atoms. The Balaban J connectivity index is 1.26. The molecule has 3 aliphatic rings. The highest BCUT2D eigenvalue weighted by Gasteiger charge is 2.55. The zero-order chi connectivity index (χ0) is 18.4. The first-order valence-corrected chi connectivity index (χ1v) is 9.19. The number of rotatable bonds is 4. The fourth-order valence-electron chi connectivity index (χ4n) is 4.13. The number of hydrogen-bond donors (Lipinski definition) is 0. The number of hydrogen-bond acceptors (Lipinski definition) is 4. The second kappa shape index (κ2) is 6.53. The largest absolute Gasteiger partial charge is 0.372 e. The Morgan fingerprint density at radius 1 is 1.35 bits per heavy atom. The van der Waals surface area contributed by atoms with Crippen LogP contribution in [0.5, 0.6) is 0 Å². The molecule has 1 aromatic heterocycles. The second-order valence-corrected chi connectivity index (χ2v) is 7.88. The topological polar surface area (TPSA) is 51.7 Å². The number of aryl methyl sites for hydroxylation is 1. The number of carbonyl (C=O) groups excluding carboxylic acids is 1. The van der Waals surface area contributed by atoms with Crippen LogP contribution in [-0.4, -0.2) is 53.1 Å². The number of amides is 1. The van der Waals surface area contributed by atoms with Gasteiger partial charge in [0.2, 0.25) is 11.8 Å². The lowest BCUT2D eigenvalue weighted by atomic mass is 9.77. The van der Waals surface area contributed by atoms with E-state index in [-0.39, 0.29) is 30.5 Å². The van der Waals surface area contributed by atoms with Crippen molar-refractivity contribution in [3.8, 4) is 0 Å². The van der Waals surface area contributed by atoms with Crippen LogP contribution < -0.4 is 0 Å². The van der Waals surface area contributed by atoms with Crippen molar-refractivity contribution in [2.45, 2.75) is 56.8 Å². The molecule has 4 rings (SSSR count). The van der Waals surface area contributed by atoms with Crippen LogP contribution in [0.25, 0.3) is 0 Å². The Labute approximate surface area is 151 Å². The molecule has 0 radical (unpaired) electrons. The first-order chi connectivity index (χ1) is 12.3. The normalized spacial score (nSPS) is 27.0. The van der Waals surface area contributed by atoms with E-state index in [9.17, 15) is 13.6 Å². The maximum atomic E-state index is 13.0. The van der Waals surface area contributed by atoms with Crippen LogP contribution in [0.15, 0.2) is 18.2 Å². The van der Waals surface area contributed by atoms with E-state index in [1.807, 2.05) is 25.1 Å². The van der Waals surface area contributed by atoms with Gasteiger partial charge in [0, 0.05) is 37.5 Å². The molecule has 1 aliphatic carbocycles. The van der Waals surface area contributed by atoms with Crippen molar-refractivity contribution in [3.05, 3.63) is 29.6 Å². The highest BCUT2D eigenvalue weighted by molar-refractivity contribution is 5.81. The average molecular weight is 366 g/mol. The molecule has 1 saturated carbocycles. The SMILES string of the molecule is Cc1cccc(CO[C@H]2CCOC3(C2)CN(C(=O)C2CC(F)(F)C2)C3)n1. The minimum Gasteiger partial charge on any atom is -0.372 e. The van der Waals surface area contributed by atoms with Crippen molar-refractivity contribution >= 4 is 5.91 Å². The number of carbonyl (C=O) groups is 1. The number of nitrogens with zero attached hydrogens (tertiary/aromatic N) is 2. The first kappa shape index (κ1) is 17.8. The highest BCUT2D eigenvalue weighted by Crippen LogP contribution is 2.45. The standard InChI is InChI=1S/C19H24F2N2O3/c1-13-3-2-4-15(22-13)10-25-16-5-6-26-18(9-16)11-23(12-18)17(24)14-7-19(20,21)8-14/h2-4,14,16H,5-12H2,1H3/t16-/m0/s1. The number of halogens is 2. The van der Waals surface area contributed by atoms with E-state index in [0.29, 0.717) is 26.3 Å². The van der Waals surface area contributed by atoms with Crippen LogP contribution in [0.4, 0.5) is 8.78 Å². The predicted molar refractivity (Wildman–Crippen MR) is 89.7 cm³/mol. The van der Waals surface area contributed by atoms with Crippen molar-refractivity contribution < 1.29 is 23.0 Å². The summed E-state index contributed by atoms with van der Waals surface area (Å²) in [5.74, 6) is -3.34. The maximum absolute atomic E-state index is 13.0. The third-order valence-electron chi connectivity index (χ3n) is 5.57. The van der Waals surface area contributed by atoms with Gasteiger partial charge in [0.1, 0.15) is 5.60 Å². The molecule has 142 valence electrons. The quantitative estimate of drug-likeness (QED) is 0.822. The summed E-state index contributed by atoms with van der Waals surface area (Å²) >= 11 is 0. The summed E-state index contributed by atoms with van der Waals surface area (Å²) in [6.07, 6.45) is 0.979. The van der Waals surface area contributed by atoms with E-state index in [2.05, 4.69) is 4.98 Å². The van der Waals surface area contributed by atoms with E-state index in [4.69, 9.17) is 9.47 Å². The molecule has 7 heteroatoms. The molecule has 3 heterocycles. The van der Waals surface area contributed by atoms with Crippen LogP contribution in [0, 0.1) is 12.8 Å². The molecular formula is C19H24F2N2O3. The number of ether oxygens (including phenoxy) is 2. The van der Waals surface area contributed by atoms with Gasteiger partial charge in [0.15, 0.2) is 0 Å². The first-order valence-electron chi connectivity index (χ1n) is 9.19. The van der Waals surface area contributed by atoms with Crippen LogP contribution >= 0.6 is 0 Å². The summed E-state index contributed by atoms with van der Waals surface area (Å²) < 4.78 is 37.9. The van der Waals surface area contributed by atoms with Crippen molar-refractivity contribution in [1.29, 1.82) is 0 Å². The molecule has 26 heavy (non-hydrogen) atoms. The maximum Gasteiger partial charge on any atom is 0.249 e. The molecule has 0 unspecified atom stereocenters. The van der Waals surface area contributed by atoms with E-state index < -0.39 is 11.8 Å². The van der Waals surface area contributed by atoms with E-state index >= 15 is 0 Å². The number of likely N-dealkylation sites (tertiary alicyclic amines) is 1. The van der Waals surface area contributed by atoms with E-state index in [0.717, 1.165) is 24.2 Å². The number of aromatic nitrogens is 1. The van der Waals surface area contributed by atoms with Crippen LogP contribution in [0.1, 0.15) is 37.1 Å². The van der Waals surface area contributed by atoms with Crippen molar-refractivity contribution in [3.63, 3.8) is 0 Å². The molecule has 1 aromatic rings. The monoisotopic (exact) mass is 366 g/mol. The summed E-state index contributed by atoms with van der Waals surface area (Å²) in [5, 5.41) is 0. The van der Waals surface area contributed by atoms with Crippen LogP contribution in [0.2, 0.25) is 0 Å². The number of alkyl halides is 2.